The fourth-order valence-corrected chi connectivity index (χ4v) is 3.94. The molecular weight excluding hydrogens is 438 g/mol. The molecule has 0 saturated carbocycles. The maximum atomic E-state index is 12.4. The normalized spacial score (nSPS) is 12.0. The Balaban J connectivity index is 1.90. The fraction of sp³-hybridized carbons (Fsp3) is 0.400. The molecule has 0 atom stereocenters. The number of hydrogen-bond donors (Lipinski definition) is 5. The summed E-state index contributed by atoms with van der Waals surface area (Å²) < 4.78 is 5.50. The van der Waals surface area contributed by atoms with E-state index in [2.05, 4.69) is 16.0 Å². The molecule has 1 aliphatic rings. The van der Waals surface area contributed by atoms with E-state index in [1.165, 1.54) is 0 Å². The van der Waals surface area contributed by atoms with Crippen LogP contribution < -0.4 is 16.0 Å². The second-order valence-corrected chi connectivity index (χ2v) is 7.99. The first kappa shape index (κ1) is 25.2. The highest BCUT2D eigenvalue weighted by Crippen LogP contribution is 2.45. The van der Waals surface area contributed by atoms with E-state index in [4.69, 9.17) is 14.9 Å². The van der Waals surface area contributed by atoms with Crippen LogP contribution in [0.2, 0.25) is 0 Å². The van der Waals surface area contributed by atoms with Crippen molar-refractivity contribution in [3.63, 3.8) is 0 Å². The number of alkyl carbamates (subject to hydrolysis) is 1. The Morgan fingerprint density at radius 1 is 0.824 bits per heavy atom. The van der Waals surface area contributed by atoms with Crippen molar-refractivity contribution in [1.82, 2.24) is 16.0 Å². The molecule has 0 aromatic heterocycles. The lowest BCUT2D eigenvalue weighted by Crippen LogP contribution is -2.27. The molecule has 0 unspecified atom stereocenters. The summed E-state index contributed by atoms with van der Waals surface area (Å²) >= 11 is 0. The number of carbonyl (C=O) groups is 3. The largest absolute Gasteiger partial charge is 0.449 e. The number of amides is 3. The van der Waals surface area contributed by atoms with Crippen LogP contribution in [0, 0.1) is 0 Å². The van der Waals surface area contributed by atoms with Crippen LogP contribution >= 0.6 is 0 Å². The number of hydrogen-bond acceptors (Lipinski definition) is 6. The number of unbranched alkanes of at least 4 members (excludes halogenated alkanes) is 1. The van der Waals surface area contributed by atoms with Crippen molar-refractivity contribution in [2.45, 2.75) is 25.7 Å². The van der Waals surface area contributed by atoms with E-state index < -0.39 is 6.09 Å². The summed E-state index contributed by atoms with van der Waals surface area (Å²) in [7, 11) is 0. The van der Waals surface area contributed by atoms with Gasteiger partial charge in [-0.25, -0.2) is 4.79 Å². The quantitative estimate of drug-likeness (QED) is 0.318. The highest BCUT2D eigenvalue weighted by Gasteiger charge is 2.31. The SMILES string of the molecule is CCCCNC(=O)OCC1c2cc(C(=O)NCCO)ccc2-c2ccc(C(=O)NCCO)cc21. The topological polar surface area (TPSA) is 137 Å². The van der Waals surface area contributed by atoms with Gasteiger partial charge in [-0.05, 0) is 52.9 Å². The number of nitrogens with one attached hydrogen (secondary N) is 3. The summed E-state index contributed by atoms with van der Waals surface area (Å²) in [5, 5.41) is 26.0. The predicted molar refractivity (Wildman–Crippen MR) is 127 cm³/mol. The van der Waals surface area contributed by atoms with Gasteiger partial charge < -0.3 is 30.9 Å². The second kappa shape index (κ2) is 12.2. The fourth-order valence-electron chi connectivity index (χ4n) is 3.94. The maximum absolute atomic E-state index is 12.4. The molecule has 0 bridgehead atoms. The Morgan fingerprint density at radius 2 is 1.35 bits per heavy atom. The van der Waals surface area contributed by atoms with E-state index >= 15 is 0 Å². The zero-order valence-electron chi connectivity index (χ0n) is 19.2. The molecule has 0 spiro atoms. The van der Waals surface area contributed by atoms with E-state index in [1.807, 2.05) is 19.1 Å². The third kappa shape index (κ3) is 5.92. The summed E-state index contributed by atoms with van der Waals surface area (Å²) in [4.78, 5) is 37.1. The molecule has 2 aromatic carbocycles. The Hall–Kier alpha value is -3.43. The van der Waals surface area contributed by atoms with Gasteiger partial charge in [0.1, 0.15) is 6.61 Å². The average molecular weight is 470 g/mol. The van der Waals surface area contributed by atoms with E-state index in [0.29, 0.717) is 17.7 Å². The molecule has 0 saturated heterocycles. The summed E-state index contributed by atoms with van der Waals surface area (Å²) in [5.41, 5.74) is 4.30. The first-order valence-electron chi connectivity index (χ1n) is 11.5. The lowest BCUT2D eigenvalue weighted by molar-refractivity contribution is 0.0937. The van der Waals surface area contributed by atoms with E-state index in [-0.39, 0.29) is 50.6 Å². The molecule has 34 heavy (non-hydrogen) atoms. The first-order valence-corrected chi connectivity index (χ1v) is 11.5. The molecule has 0 aliphatic heterocycles. The summed E-state index contributed by atoms with van der Waals surface area (Å²) in [6, 6.07) is 10.6. The monoisotopic (exact) mass is 469 g/mol. The number of aliphatic hydroxyl groups is 2. The minimum absolute atomic E-state index is 0.0430. The van der Waals surface area contributed by atoms with Crippen molar-refractivity contribution in [2.24, 2.45) is 0 Å². The van der Waals surface area contributed by atoms with Gasteiger partial charge in [-0.3, -0.25) is 9.59 Å². The Bertz CT molecular complexity index is 970. The van der Waals surface area contributed by atoms with Crippen LogP contribution in [0.4, 0.5) is 4.79 Å². The molecule has 9 heteroatoms. The number of aliphatic hydroxyl groups excluding tert-OH is 2. The van der Waals surface area contributed by atoms with Crippen molar-refractivity contribution in [3.05, 3.63) is 58.7 Å². The summed E-state index contributed by atoms with van der Waals surface area (Å²) in [6.07, 6.45) is 1.28. The van der Waals surface area contributed by atoms with Crippen molar-refractivity contribution >= 4 is 17.9 Å². The average Bonchev–Trinajstić information content (AvgIpc) is 3.16. The molecule has 1 aliphatic carbocycles. The zero-order chi connectivity index (χ0) is 24.5. The van der Waals surface area contributed by atoms with Gasteiger partial charge in [0.05, 0.1) is 13.2 Å². The number of carbonyl (C=O) groups excluding carboxylic acids is 3. The highest BCUT2D eigenvalue weighted by molar-refractivity contribution is 5.98. The van der Waals surface area contributed by atoms with Crippen LogP contribution in [-0.4, -0.2) is 67.6 Å². The number of rotatable bonds is 11. The van der Waals surface area contributed by atoms with Gasteiger partial charge in [-0.1, -0.05) is 25.5 Å². The Kier molecular flexibility index (Phi) is 9.00. The molecule has 3 rings (SSSR count). The minimum Gasteiger partial charge on any atom is -0.449 e. The molecule has 9 nitrogen and oxygen atoms in total. The van der Waals surface area contributed by atoms with Crippen molar-refractivity contribution in [1.29, 1.82) is 0 Å². The van der Waals surface area contributed by atoms with Crippen molar-refractivity contribution in [3.8, 4) is 11.1 Å². The Morgan fingerprint density at radius 3 is 1.82 bits per heavy atom. The molecule has 0 heterocycles. The number of ether oxygens (including phenoxy) is 1. The summed E-state index contributed by atoms with van der Waals surface area (Å²) in [5.74, 6) is -0.985. The van der Waals surface area contributed by atoms with E-state index in [0.717, 1.165) is 35.1 Å². The molecule has 5 N–H and O–H groups in total. The van der Waals surface area contributed by atoms with Crippen LogP contribution in [0.1, 0.15) is 57.5 Å². The molecule has 2 aromatic rings. The van der Waals surface area contributed by atoms with Gasteiger partial charge in [0, 0.05) is 36.7 Å². The van der Waals surface area contributed by atoms with Crippen LogP contribution in [0.25, 0.3) is 11.1 Å². The van der Waals surface area contributed by atoms with Gasteiger partial charge >= 0.3 is 6.09 Å². The summed E-state index contributed by atoms with van der Waals surface area (Å²) in [6.45, 7) is 2.57. The van der Waals surface area contributed by atoms with Crippen LogP contribution in [-0.2, 0) is 4.74 Å². The third-order valence-corrected chi connectivity index (χ3v) is 5.64. The molecule has 3 amide bonds. The number of benzene rings is 2. The van der Waals surface area contributed by atoms with E-state index in [1.54, 1.807) is 24.3 Å². The van der Waals surface area contributed by atoms with Gasteiger partial charge in [-0.15, -0.1) is 0 Å². The van der Waals surface area contributed by atoms with E-state index in [9.17, 15) is 14.4 Å². The second-order valence-electron chi connectivity index (χ2n) is 7.99. The number of fused-ring (bicyclic) bond motifs is 3. The molecular formula is C25H31N3O6. The smallest absolute Gasteiger partial charge is 0.407 e. The molecule has 0 fully saturated rings. The van der Waals surface area contributed by atoms with Gasteiger partial charge in [0.2, 0.25) is 0 Å². The standard InChI is InChI=1S/C25H31N3O6/c1-2-3-8-28-25(33)34-15-22-20-13-16(23(31)26-9-11-29)4-6-18(20)19-7-5-17(14-21(19)22)24(32)27-10-12-30/h4-7,13-14,22,29-30H,2-3,8-12,15H2,1H3,(H,26,31)(H,27,32)(H,28,33). The zero-order valence-corrected chi connectivity index (χ0v) is 19.2. The van der Waals surface area contributed by atoms with Crippen molar-refractivity contribution in [2.75, 3.05) is 39.5 Å². The van der Waals surface area contributed by atoms with Gasteiger partial charge in [-0.2, -0.15) is 0 Å². The predicted octanol–water partition coefficient (Wildman–Crippen LogP) is 1.77. The lowest BCUT2D eigenvalue weighted by atomic mass is 9.95. The first-order chi connectivity index (χ1) is 16.5. The molecule has 182 valence electrons. The maximum Gasteiger partial charge on any atom is 0.407 e. The van der Waals surface area contributed by atoms with Crippen LogP contribution in [0.15, 0.2) is 36.4 Å². The van der Waals surface area contributed by atoms with Gasteiger partial charge in [0.25, 0.3) is 11.8 Å². The van der Waals surface area contributed by atoms with Gasteiger partial charge in [0.15, 0.2) is 0 Å². The van der Waals surface area contributed by atoms with Crippen molar-refractivity contribution < 1.29 is 29.3 Å². The lowest BCUT2D eigenvalue weighted by Gasteiger charge is -2.16. The third-order valence-electron chi connectivity index (χ3n) is 5.64. The Labute approximate surface area is 198 Å². The van der Waals surface area contributed by atoms with Crippen LogP contribution in [0.5, 0.6) is 0 Å². The van der Waals surface area contributed by atoms with Crippen LogP contribution in [0.3, 0.4) is 0 Å². The minimum atomic E-state index is -0.517. The highest BCUT2D eigenvalue weighted by atomic mass is 16.5. The molecule has 0 radical (unpaired) electrons.